The van der Waals surface area contributed by atoms with Crippen LogP contribution in [0.1, 0.15) is 18.1 Å². The molecular weight excluding hydrogens is 513 g/mol. The Kier molecular flexibility index (Phi) is 6.90. The molecule has 0 atom stereocenters. The van der Waals surface area contributed by atoms with Crippen molar-refractivity contribution >= 4 is 63.2 Å². The molecule has 8 heteroatoms. The average molecular weight is 530 g/mol. The van der Waals surface area contributed by atoms with Gasteiger partial charge in [0.25, 0.3) is 11.1 Å². The fraction of sp³-hybridized carbons (Fsp3) is 0.200. The van der Waals surface area contributed by atoms with Crippen molar-refractivity contribution in [2.75, 3.05) is 13.7 Å². The minimum absolute atomic E-state index is 0.212. The van der Waals surface area contributed by atoms with Crippen LogP contribution in [0.4, 0.5) is 4.79 Å². The lowest BCUT2D eigenvalue weighted by Crippen LogP contribution is -2.27. The van der Waals surface area contributed by atoms with Gasteiger partial charge >= 0.3 is 0 Å². The quantitative estimate of drug-likeness (QED) is 0.361. The molecule has 0 spiro atoms. The average Bonchev–Trinajstić information content (AvgIpc) is 2.92. The van der Waals surface area contributed by atoms with Crippen LogP contribution in [0.3, 0.4) is 0 Å². The van der Waals surface area contributed by atoms with E-state index in [0.29, 0.717) is 28.0 Å². The van der Waals surface area contributed by atoms with Gasteiger partial charge in [-0.25, -0.2) is 0 Å². The van der Waals surface area contributed by atoms with Crippen molar-refractivity contribution in [1.29, 1.82) is 0 Å². The third-order valence-electron chi connectivity index (χ3n) is 3.97. The molecule has 146 valence electrons. The number of rotatable bonds is 6. The van der Waals surface area contributed by atoms with E-state index in [1.165, 1.54) is 4.90 Å². The summed E-state index contributed by atoms with van der Waals surface area (Å²) in [5.41, 5.74) is 1.60. The molecular formula is C20H17ClINO4S. The second-order valence-electron chi connectivity index (χ2n) is 5.86. The number of thioether (sulfide) groups is 1. The SMILES string of the molecule is CCOc1c(I)cc(/C=C2\SC(=O)N(Cc3ccc(Cl)cc3)C2=O)cc1OC. The maximum atomic E-state index is 12.7. The smallest absolute Gasteiger partial charge is 0.293 e. The van der Waals surface area contributed by atoms with E-state index in [-0.39, 0.29) is 17.7 Å². The number of halogens is 2. The summed E-state index contributed by atoms with van der Waals surface area (Å²) in [6.07, 6.45) is 1.70. The first-order valence-corrected chi connectivity index (χ1v) is 10.7. The number of methoxy groups -OCH3 is 1. The zero-order chi connectivity index (χ0) is 20.3. The third kappa shape index (κ3) is 4.64. The Morgan fingerprint density at radius 3 is 2.57 bits per heavy atom. The number of hydrogen-bond acceptors (Lipinski definition) is 5. The molecule has 0 unspecified atom stereocenters. The molecule has 0 aliphatic carbocycles. The van der Waals surface area contributed by atoms with Crippen LogP contribution in [0.5, 0.6) is 11.5 Å². The molecule has 2 aromatic rings. The van der Waals surface area contributed by atoms with E-state index in [4.69, 9.17) is 21.1 Å². The van der Waals surface area contributed by atoms with Crippen molar-refractivity contribution in [3.05, 3.63) is 61.0 Å². The zero-order valence-corrected chi connectivity index (χ0v) is 18.9. The van der Waals surface area contributed by atoms with Crippen LogP contribution in [0.15, 0.2) is 41.3 Å². The number of amides is 2. The van der Waals surface area contributed by atoms with Crippen molar-refractivity contribution in [1.82, 2.24) is 4.90 Å². The van der Waals surface area contributed by atoms with Gasteiger partial charge in [0, 0.05) is 5.02 Å². The largest absolute Gasteiger partial charge is 0.493 e. The molecule has 2 aromatic carbocycles. The van der Waals surface area contributed by atoms with E-state index < -0.39 is 0 Å². The fourth-order valence-corrected chi connectivity index (χ4v) is 4.41. The van der Waals surface area contributed by atoms with Crippen molar-refractivity contribution < 1.29 is 19.1 Å². The van der Waals surface area contributed by atoms with E-state index in [1.54, 1.807) is 43.5 Å². The van der Waals surface area contributed by atoms with E-state index >= 15 is 0 Å². The second-order valence-corrected chi connectivity index (χ2v) is 8.45. The first kappa shape index (κ1) is 21.0. The van der Waals surface area contributed by atoms with Crippen LogP contribution >= 0.6 is 46.0 Å². The molecule has 5 nitrogen and oxygen atoms in total. The lowest BCUT2D eigenvalue weighted by atomic mass is 10.1. The Morgan fingerprint density at radius 1 is 1.21 bits per heavy atom. The maximum absolute atomic E-state index is 12.7. The predicted molar refractivity (Wildman–Crippen MR) is 120 cm³/mol. The normalized spacial score (nSPS) is 15.4. The van der Waals surface area contributed by atoms with E-state index in [9.17, 15) is 9.59 Å². The monoisotopic (exact) mass is 529 g/mol. The van der Waals surface area contributed by atoms with Crippen LogP contribution in [0.25, 0.3) is 6.08 Å². The van der Waals surface area contributed by atoms with Crippen LogP contribution in [0.2, 0.25) is 5.02 Å². The molecule has 1 heterocycles. The summed E-state index contributed by atoms with van der Waals surface area (Å²) in [7, 11) is 1.57. The van der Waals surface area contributed by atoms with E-state index in [0.717, 1.165) is 26.5 Å². The van der Waals surface area contributed by atoms with Crippen molar-refractivity contribution in [2.45, 2.75) is 13.5 Å². The summed E-state index contributed by atoms with van der Waals surface area (Å²) < 4.78 is 11.9. The maximum Gasteiger partial charge on any atom is 0.293 e. The summed E-state index contributed by atoms with van der Waals surface area (Å²) in [6, 6.07) is 10.8. The highest BCUT2D eigenvalue weighted by Gasteiger charge is 2.35. The summed E-state index contributed by atoms with van der Waals surface area (Å²) in [6.45, 7) is 2.64. The van der Waals surface area contributed by atoms with E-state index in [2.05, 4.69) is 22.6 Å². The van der Waals surface area contributed by atoms with Gasteiger partial charge < -0.3 is 9.47 Å². The number of imide groups is 1. The van der Waals surface area contributed by atoms with Gasteiger partial charge in [-0.3, -0.25) is 14.5 Å². The van der Waals surface area contributed by atoms with Gasteiger partial charge in [-0.05, 0) is 82.7 Å². The molecule has 0 radical (unpaired) electrons. The summed E-state index contributed by atoms with van der Waals surface area (Å²) in [5, 5.41) is 0.315. The Hall–Kier alpha value is -1.71. The molecule has 1 aliphatic rings. The highest BCUT2D eigenvalue weighted by Crippen LogP contribution is 2.37. The Balaban J connectivity index is 1.85. The Bertz CT molecular complexity index is 946. The highest BCUT2D eigenvalue weighted by atomic mass is 127. The second kappa shape index (κ2) is 9.19. The molecule has 1 fully saturated rings. The van der Waals surface area contributed by atoms with Gasteiger partial charge in [0.2, 0.25) is 0 Å². The van der Waals surface area contributed by atoms with Gasteiger partial charge in [-0.1, -0.05) is 23.7 Å². The van der Waals surface area contributed by atoms with Gasteiger partial charge in [0.1, 0.15) is 0 Å². The van der Waals surface area contributed by atoms with Crippen LogP contribution in [-0.2, 0) is 11.3 Å². The van der Waals surface area contributed by atoms with Crippen LogP contribution in [-0.4, -0.2) is 29.8 Å². The van der Waals surface area contributed by atoms with Gasteiger partial charge in [-0.2, -0.15) is 0 Å². The number of carbonyl (C=O) groups excluding carboxylic acids is 2. The lowest BCUT2D eigenvalue weighted by Gasteiger charge is -2.13. The summed E-state index contributed by atoms with van der Waals surface area (Å²) in [5.74, 6) is 0.937. The van der Waals surface area contributed by atoms with E-state index in [1.807, 2.05) is 13.0 Å². The topological polar surface area (TPSA) is 55.8 Å². The molecule has 0 bridgehead atoms. The molecule has 2 amide bonds. The minimum atomic E-state index is -0.312. The van der Waals surface area contributed by atoms with Crippen molar-refractivity contribution in [3.8, 4) is 11.5 Å². The number of nitrogens with zero attached hydrogens (tertiary/aromatic N) is 1. The number of carbonyl (C=O) groups is 2. The zero-order valence-electron chi connectivity index (χ0n) is 15.2. The summed E-state index contributed by atoms with van der Waals surface area (Å²) >= 11 is 8.98. The molecule has 1 aliphatic heterocycles. The molecule has 28 heavy (non-hydrogen) atoms. The van der Waals surface area contributed by atoms with Gasteiger partial charge in [0.15, 0.2) is 11.5 Å². The van der Waals surface area contributed by atoms with Crippen LogP contribution < -0.4 is 9.47 Å². The third-order valence-corrected chi connectivity index (χ3v) is 5.93. The highest BCUT2D eigenvalue weighted by molar-refractivity contribution is 14.1. The molecule has 0 saturated carbocycles. The number of benzene rings is 2. The van der Waals surface area contributed by atoms with Crippen molar-refractivity contribution in [2.24, 2.45) is 0 Å². The van der Waals surface area contributed by atoms with Gasteiger partial charge in [0.05, 0.1) is 28.7 Å². The van der Waals surface area contributed by atoms with Crippen LogP contribution in [0, 0.1) is 3.57 Å². The fourth-order valence-electron chi connectivity index (χ4n) is 2.67. The molecule has 3 rings (SSSR count). The first-order valence-electron chi connectivity index (χ1n) is 8.43. The molecule has 0 aromatic heterocycles. The Labute approximate surface area is 186 Å². The Morgan fingerprint density at radius 2 is 1.93 bits per heavy atom. The lowest BCUT2D eigenvalue weighted by molar-refractivity contribution is -0.123. The first-order chi connectivity index (χ1) is 13.4. The predicted octanol–water partition coefficient (Wildman–Crippen LogP) is 5.59. The molecule has 0 N–H and O–H groups in total. The number of ether oxygens (including phenoxy) is 2. The number of hydrogen-bond donors (Lipinski definition) is 0. The van der Waals surface area contributed by atoms with Crippen molar-refractivity contribution in [3.63, 3.8) is 0 Å². The van der Waals surface area contributed by atoms with Gasteiger partial charge in [-0.15, -0.1) is 0 Å². The standard InChI is InChI=1S/C20H17ClINO4S/c1-3-27-18-15(22)8-13(9-16(18)26-2)10-17-19(24)23(20(25)28-17)11-12-4-6-14(21)7-5-12/h4-10H,3,11H2,1-2H3/b17-10-. The summed E-state index contributed by atoms with van der Waals surface area (Å²) in [4.78, 5) is 26.7. The molecule has 1 saturated heterocycles. The minimum Gasteiger partial charge on any atom is -0.493 e.